The Kier molecular flexibility index (Phi) is 4.66. The molecular formula is C15H11F2NO2S. The van der Waals surface area contributed by atoms with Crippen LogP contribution < -0.4 is 4.74 Å². The molecule has 0 aliphatic rings. The van der Waals surface area contributed by atoms with Gasteiger partial charge in [0.15, 0.2) is 5.78 Å². The number of carbonyl (C=O) groups excluding carboxylic acids is 1. The van der Waals surface area contributed by atoms with Crippen molar-refractivity contribution < 1.29 is 18.3 Å². The number of hydrogen-bond donors (Lipinski definition) is 0. The average Bonchev–Trinajstić information content (AvgIpc) is 2.87. The molecule has 3 nitrogen and oxygen atoms in total. The maximum Gasteiger partial charge on any atom is 0.387 e. The molecule has 2 rings (SSSR count). The van der Waals surface area contributed by atoms with E-state index in [0.717, 1.165) is 4.88 Å². The van der Waals surface area contributed by atoms with Crippen molar-refractivity contribution in [2.24, 2.45) is 0 Å². The molecule has 0 amide bonds. The van der Waals surface area contributed by atoms with Crippen LogP contribution in [0.3, 0.4) is 0 Å². The lowest BCUT2D eigenvalue weighted by atomic mass is 9.95. The molecule has 21 heavy (non-hydrogen) atoms. The van der Waals surface area contributed by atoms with E-state index in [4.69, 9.17) is 0 Å². The van der Waals surface area contributed by atoms with Crippen LogP contribution >= 0.6 is 11.3 Å². The fourth-order valence-corrected chi connectivity index (χ4v) is 2.67. The summed E-state index contributed by atoms with van der Waals surface area (Å²) in [6, 6.07) is 11.0. The predicted molar refractivity (Wildman–Crippen MR) is 74.8 cm³/mol. The van der Waals surface area contributed by atoms with Crippen LogP contribution in [0.1, 0.15) is 26.0 Å². The van der Waals surface area contributed by atoms with Crippen molar-refractivity contribution in [3.63, 3.8) is 0 Å². The molecule has 0 saturated heterocycles. The summed E-state index contributed by atoms with van der Waals surface area (Å²) in [5.74, 6) is -1.26. The summed E-state index contributed by atoms with van der Waals surface area (Å²) < 4.78 is 28.4. The number of nitrogens with zero attached hydrogens (tertiary/aromatic N) is 1. The van der Waals surface area contributed by atoms with Gasteiger partial charge < -0.3 is 4.74 Å². The van der Waals surface area contributed by atoms with Crippen LogP contribution in [-0.2, 0) is 0 Å². The molecule has 0 radical (unpaired) electrons. The van der Waals surface area contributed by atoms with Crippen LogP contribution in [-0.4, -0.2) is 12.4 Å². The standard InChI is InChI=1S/C15H11F2NO2S/c1-9-2-7-13(21-9)14(19)12(8-18)10-3-5-11(6-4-10)20-15(16)17/h2-7,12,15H,1H3. The summed E-state index contributed by atoms with van der Waals surface area (Å²) in [6.45, 7) is -1.03. The first-order valence-corrected chi connectivity index (χ1v) is 6.88. The highest BCUT2D eigenvalue weighted by molar-refractivity contribution is 7.14. The number of ether oxygens (including phenoxy) is 1. The van der Waals surface area contributed by atoms with E-state index in [9.17, 15) is 18.8 Å². The largest absolute Gasteiger partial charge is 0.435 e. The highest BCUT2D eigenvalue weighted by Gasteiger charge is 2.23. The van der Waals surface area contributed by atoms with Gasteiger partial charge in [0.1, 0.15) is 11.7 Å². The summed E-state index contributed by atoms with van der Waals surface area (Å²) in [4.78, 5) is 13.8. The van der Waals surface area contributed by atoms with E-state index in [1.807, 2.05) is 19.1 Å². The van der Waals surface area contributed by atoms with E-state index in [-0.39, 0.29) is 11.5 Å². The van der Waals surface area contributed by atoms with Crippen LogP contribution in [0.5, 0.6) is 5.75 Å². The molecule has 1 atom stereocenters. The molecule has 0 bridgehead atoms. The predicted octanol–water partition coefficient (Wildman–Crippen LogP) is 4.15. The zero-order valence-electron chi connectivity index (χ0n) is 11.0. The van der Waals surface area contributed by atoms with Crippen LogP contribution in [0.15, 0.2) is 36.4 Å². The minimum absolute atomic E-state index is 0.00939. The van der Waals surface area contributed by atoms with Crippen LogP contribution in [0.2, 0.25) is 0 Å². The fourth-order valence-electron chi connectivity index (χ4n) is 1.84. The molecule has 0 N–H and O–H groups in total. The third-order valence-corrected chi connectivity index (χ3v) is 3.83. The molecule has 0 spiro atoms. The van der Waals surface area contributed by atoms with E-state index in [2.05, 4.69) is 4.74 Å². The molecule has 0 fully saturated rings. The second kappa shape index (κ2) is 6.46. The number of halogens is 2. The number of thiophene rings is 1. The van der Waals surface area contributed by atoms with Crippen LogP contribution in [0.4, 0.5) is 8.78 Å². The number of alkyl halides is 2. The Hall–Kier alpha value is -2.26. The van der Waals surface area contributed by atoms with E-state index < -0.39 is 12.5 Å². The Balaban J connectivity index is 2.21. The molecule has 0 aliphatic carbocycles. The van der Waals surface area contributed by atoms with E-state index in [1.54, 1.807) is 6.07 Å². The number of aryl methyl sites for hydroxylation is 1. The van der Waals surface area contributed by atoms with E-state index in [1.165, 1.54) is 35.6 Å². The summed E-state index contributed by atoms with van der Waals surface area (Å²) in [5.41, 5.74) is 0.454. The van der Waals surface area contributed by atoms with Gasteiger partial charge in [-0.15, -0.1) is 11.3 Å². The number of nitriles is 1. The molecule has 108 valence electrons. The van der Waals surface area contributed by atoms with Crippen molar-refractivity contribution in [2.75, 3.05) is 0 Å². The number of rotatable bonds is 5. The Morgan fingerprint density at radius 1 is 1.24 bits per heavy atom. The first-order valence-electron chi connectivity index (χ1n) is 6.06. The van der Waals surface area contributed by atoms with Crippen molar-refractivity contribution in [3.05, 3.63) is 51.7 Å². The lowest BCUT2D eigenvalue weighted by molar-refractivity contribution is -0.0498. The molecule has 0 aliphatic heterocycles. The summed E-state index contributed by atoms with van der Waals surface area (Å²) >= 11 is 1.32. The minimum atomic E-state index is -2.90. The highest BCUT2D eigenvalue weighted by atomic mass is 32.1. The van der Waals surface area contributed by atoms with Crippen molar-refractivity contribution in [3.8, 4) is 11.8 Å². The van der Waals surface area contributed by atoms with Gasteiger partial charge in [0.25, 0.3) is 0 Å². The molecule has 6 heteroatoms. The molecule has 1 aromatic heterocycles. The maximum absolute atomic E-state index is 12.3. The van der Waals surface area contributed by atoms with Gasteiger partial charge in [0, 0.05) is 4.88 Å². The highest BCUT2D eigenvalue weighted by Crippen LogP contribution is 2.26. The molecule has 1 heterocycles. The molecule has 1 aromatic carbocycles. The third-order valence-electron chi connectivity index (χ3n) is 2.81. The zero-order valence-corrected chi connectivity index (χ0v) is 11.9. The van der Waals surface area contributed by atoms with Gasteiger partial charge in [-0.1, -0.05) is 12.1 Å². The van der Waals surface area contributed by atoms with Gasteiger partial charge in [-0.05, 0) is 36.8 Å². The van der Waals surface area contributed by atoms with E-state index >= 15 is 0 Å². The average molecular weight is 307 g/mol. The molecular weight excluding hydrogens is 296 g/mol. The second-order valence-corrected chi connectivity index (χ2v) is 5.57. The first kappa shape index (κ1) is 15.1. The summed E-state index contributed by atoms with van der Waals surface area (Å²) in [6.07, 6.45) is 0. The fraction of sp³-hybridized carbons (Fsp3) is 0.200. The monoisotopic (exact) mass is 307 g/mol. The number of ketones is 1. The summed E-state index contributed by atoms with van der Waals surface area (Å²) in [5, 5.41) is 9.22. The van der Waals surface area contributed by atoms with Crippen molar-refractivity contribution in [1.82, 2.24) is 0 Å². The Labute approximate surface area is 124 Å². The van der Waals surface area contributed by atoms with Crippen LogP contribution in [0, 0.1) is 18.3 Å². The zero-order chi connectivity index (χ0) is 15.4. The number of hydrogen-bond acceptors (Lipinski definition) is 4. The first-order chi connectivity index (χ1) is 10.0. The quantitative estimate of drug-likeness (QED) is 0.780. The van der Waals surface area contributed by atoms with Crippen molar-refractivity contribution in [2.45, 2.75) is 19.5 Å². The Bertz CT molecular complexity index is 674. The molecule has 1 unspecified atom stereocenters. The topological polar surface area (TPSA) is 50.1 Å². The number of benzene rings is 1. The Morgan fingerprint density at radius 2 is 1.90 bits per heavy atom. The second-order valence-electron chi connectivity index (χ2n) is 4.28. The molecule has 0 saturated carbocycles. The van der Waals surface area contributed by atoms with Gasteiger partial charge in [0.05, 0.1) is 10.9 Å². The number of carbonyl (C=O) groups is 1. The maximum atomic E-state index is 12.3. The number of Topliss-reactive ketones (excluding diaryl/α,β-unsaturated/α-hetero) is 1. The summed E-state index contributed by atoms with van der Waals surface area (Å²) in [7, 11) is 0. The smallest absolute Gasteiger partial charge is 0.387 e. The molecule has 2 aromatic rings. The van der Waals surface area contributed by atoms with Crippen molar-refractivity contribution in [1.29, 1.82) is 5.26 Å². The van der Waals surface area contributed by atoms with Gasteiger partial charge >= 0.3 is 6.61 Å². The van der Waals surface area contributed by atoms with E-state index in [0.29, 0.717) is 10.4 Å². The Morgan fingerprint density at radius 3 is 2.38 bits per heavy atom. The van der Waals surface area contributed by atoms with Gasteiger partial charge in [-0.2, -0.15) is 14.0 Å². The van der Waals surface area contributed by atoms with Crippen LogP contribution in [0.25, 0.3) is 0 Å². The normalized spacial score (nSPS) is 12.0. The van der Waals surface area contributed by atoms with Gasteiger partial charge in [0.2, 0.25) is 0 Å². The minimum Gasteiger partial charge on any atom is -0.435 e. The third kappa shape index (κ3) is 3.64. The lowest BCUT2D eigenvalue weighted by Gasteiger charge is -2.09. The lowest BCUT2D eigenvalue weighted by Crippen LogP contribution is -2.10. The van der Waals surface area contributed by atoms with Gasteiger partial charge in [-0.3, -0.25) is 4.79 Å². The van der Waals surface area contributed by atoms with Crippen molar-refractivity contribution >= 4 is 17.1 Å². The van der Waals surface area contributed by atoms with Gasteiger partial charge in [-0.25, -0.2) is 0 Å². The SMILES string of the molecule is Cc1ccc(C(=O)C(C#N)c2ccc(OC(F)F)cc2)s1.